The second-order valence-corrected chi connectivity index (χ2v) is 8.21. The van der Waals surface area contributed by atoms with Gasteiger partial charge in [0.05, 0.1) is 12.6 Å². The van der Waals surface area contributed by atoms with Crippen molar-refractivity contribution in [2.45, 2.75) is 51.0 Å². The van der Waals surface area contributed by atoms with Gasteiger partial charge in [-0.1, -0.05) is 51.0 Å². The fraction of sp³-hybridized carbons (Fsp3) is 0.600. The summed E-state index contributed by atoms with van der Waals surface area (Å²) in [5.74, 6) is 0.433. The van der Waals surface area contributed by atoms with Crippen LogP contribution in [-0.4, -0.2) is 41.2 Å². The topological polar surface area (TPSA) is 40.6 Å². The first kappa shape index (κ1) is 15.7. The second-order valence-electron chi connectivity index (χ2n) is 8.21. The molecular formula is C20H26N2O2. The maximum Gasteiger partial charge on any atom is 0.242 e. The zero-order valence-corrected chi connectivity index (χ0v) is 14.6. The number of rotatable bonds is 1. The molecule has 0 N–H and O–H groups in total. The molecule has 1 atom stereocenters. The van der Waals surface area contributed by atoms with E-state index in [0.29, 0.717) is 6.54 Å². The Bertz CT molecular complexity index is 676. The van der Waals surface area contributed by atoms with Crippen molar-refractivity contribution in [1.29, 1.82) is 0 Å². The highest BCUT2D eigenvalue weighted by molar-refractivity contribution is 5.88. The van der Waals surface area contributed by atoms with Gasteiger partial charge in [-0.15, -0.1) is 0 Å². The van der Waals surface area contributed by atoms with Crippen molar-refractivity contribution >= 4 is 11.8 Å². The van der Waals surface area contributed by atoms with Gasteiger partial charge in [0.2, 0.25) is 11.8 Å². The first-order chi connectivity index (χ1) is 11.5. The number of piperazine rings is 1. The van der Waals surface area contributed by atoms with Gasteiger partial charge < -0.3 is 9.80 Å². The summed E-state index contributed by atoms with van der Waals surface area (Å²) in [6.07, 6.45) is 4.26. The van der Waals surface area contributed by atoms with Crippen molar-refractivity contribution in [3.8, 4) is 0 Å². The van der Waals surface area contributed by atoms with Gasteiger partial charge in [0, 0.05) is 24.4 Å². The van der Waals surface area contributed by atoms with Crippen LogP contribution in [0, 0.1) is 5.92 Å². The standard InChI is InChI=1S/C20H26N2O2/c1-20(2)13-22-17(15-9-5-6-10-16(15)20)11-21(12-18(22)23)19(24)14-7-3-4-8-14/h5-6,9-10,14,17H,3-4,7-8,11-13H2,1-2H3. The van der Waals surface area contributed by atoms with Crippen molar-refractivity contribution in [2.24, 2.45) is 5.92 Å². The number of hydrogen-bond acceptors (Lipinski definition) is 2. The fourth-order valence-corrected chi connectivity index (χ4v) is 4.78. The quantitative estimate of drug-likeness (QED) is 0.796. The molecule has 2 amide bonds. The molecular weight excluding hydrogens is 300 g/mol. The van der Waals surface area contributed by atoms with Crippen LogP contribution in [0.3, 0.4) is 0 Å². The van der Waals surface area contributed by atoms with Gasteiger partial charge in [-0.2, -0.15) is 0 Å². The van der Waals surface area contributed by atoms with E-state index >= 15 is 0 Å². The van der Waals surface area contributed by atoms with Crippen LogP contribution in [0.2, 0.25) is 0 Å². The zero-order valence-electron chi connectivity index (χ0n) is 14.6. The van der Waals surface area contributed by atoms with Crippen LogP contribution >= 0.6 is 0 Å². The molecule has 3 aliphatic rings. The van der Waals surface area contributed by atoms with E-state index in [1.165, 1.54) is 11.1 Å². The fourth-order valence-electron chi connectivity index (χ4n) is 4.78. The minimum atomic E-state index is -0.0413. The molecule has 2 aliphatic heterocycles. The molecule has 0 radical (unpaired) electrons. The van der Waals surface area contributed by atoms with Crippen molar-refractivity contribution in [1.82, 2.24) is 9.80 Å². The highest BCUT2D eigenvalue weighted by Gasteiger charge is 2.44. The summed E-state index contributed by atoms with van der Waals surface area (Å²) in [6, 6.07) is 8.43. The Morgan fingerprint density at radius 1 is 1.17 bits per heavy atom. The largest absolute Gasteiger partial charge is 0.331 e. The van der Waals surface area contributed by atoms with Gasteiger partial charge in [-0.3, -0.25) is 9.59 Å². The maximum absolute atomic E-state index is 12.8. The lowest BCUT2D eigenvalue weighted by molar-refractivity contribution is -0.152. The van der Waals surface area contributed by atoms with Crippen molar-refractivity contribution in [2.75, 3.05) is 19.6 Å². The Morgan fingerprint density at radius 3 is 2.62 bits per heavy atom. The third kappa shape index (κ3) is 2.43. The molecule has 4 rings (SSSR count). The molecule has 24 heavy (non-hydrogen) atoms. The lowest BCUT2D eigenvalue weighted by atomic mass is 9.75. The summed E-state index contributed by atoms with van der Waals surface area (Å²) >= 11 is 0. The minimum absolute atomic E-state index is 0.0147. The normalized spacial score (nSPS) is 26.2. The summed E-state index contributed by atoms with van der Waals surface area (Å²) < 4.78 is 0. The molecule has 0 aromatic heterocycles. The van der Waals surface area contributed by atoms with Crippen LogP contribution in [0.5, 0.6) is 0 Å². The summed E-state index contributed by atoms with van der Waals surface area (Å²) in [7, 11) is 0. The average molecular weight is 326 g/mol. The van der Waals surface area contributed by atoms with Gasteiger partial charge in [-0.05, 0) is 24.0 Å². The number of hydrogen-bond donors (Lipinski definition) is 0. The lowest BCUT2D eigenvalue weighted by Crippen LogP contribution is -2.59. The van der Waals surface area contributed by atoms with Gasteiger partial charge in [-0.25, -0.2) is 0 Å². The predicted molar refractivity (Wildman–Crippen MR) is 92.5 cm³/mol. The Kier molecular flexibility index (Phi) is 3.66. The van der Waals surface area contributed by atoms with E-state index < -0.39 is 0 Å². The van der Waals surface area contributed by atoms with Crippen LogP contribution in [0.25, 0.3) is 0 Å². The first-order valence-corrected chi connectivity index (χ1v) is 9.15. The summed E-state index contributed by atoms with van der Waals surface area (Å²) in [4.78, 5) is 29.4. The number of carbonyl (C=O) groups excluding carboxylic acids is 2. The average Bonchev–Trinajstić information content (AvgIpc) is 3.09. The van der Waals surface area contributed by atoms with E-state index in [1.807, 2.05) is 15.9 Å². The SMILES string of the molecule is CC1(C)CN2C(=O)CN(C(=O)C3CCCC3)CC2c2ccccc21. The highest BCUT2D eigenvalue weighted by Crippen LogP contribution is 2.41. The van der Waals surface area contributed by atoms with E-state index in [2.05, 4.69) is 32.0 Å². The van der Waals surface area contributed by atoms with Crippen molar-refractivity contribution in [3.63, 3.8) is 0 Å². The third-order valence-corrected chi connectivity index (χ3v) is 6.05. The van der Waals surface area contributed by atoms with Gasteiger partial charge >= 0.3 is 0 Å². The number of carbonyl (C=O) groups is 2. The van der Waals surface area contributed by atoms with E-state index in [4.69, 9.17) is 0 Å². The summed E-state index contributed by atoms with van der Waals surface area (Å²) in [5, 5.41) is 0. The minimum Gasteiger partial charge on any atom is -0.331 e. The Balaban J connectivity index is 1.65. The number of nitrogens with zero attached hydrogens (tertiary/aromatic N) is 2. The molecule has 0 bridgehead atoms. The monoisotopic (exact) mass is 326 g/mol. The van der Waals surface area contributed by atoms with Crippen molar-refractivity contribution in [3.05, 3.63) is 35.4 Å². The van der Waals surface area contributed by atoms with Crippen LogP contribution in [0.15, 0.2) is 24.3 Å². The number of fused-ring (bicyclic) bond motifs is 3. The molecule has 4 heteroatoms. The second kappa shape index (κ2) is 5.61. The molecule has 4 nitrogen and oxygen atoms in total. The molecule has 1 saturated carbocycles. The predicted octanol–water partition coefficient (Wildman–Crippen LogP) is 2.88. The highest BCUT2D eigenvalue weighted by atomic mass is 16.2. The molecule has 128 valence electrons. The van der Waals surface area contributed by atoms with Gasteiger partial charge in [0.15, 0.2) is 0 Å². The Hall–Kier alpha value is -1.84. The van der Waals surface area contributed by atoms with Gasteiger partial charge in [0.25, 0.3) is 0 Å². The van der Waals surface area contributed by atoms with E-state index in [0.717, 1.165) is 32.2 Å². The molecule has 1 aromatic rings. The molecule has 0 spiro atoms. The summed E-state index contributed by atoms with van der Waals surface area (Å²) in [6.45, 7) is 6.04. The van der Waals surface area contributed by atoms with Gasteiger partial charge in [0.1, 0.15) is 0 Å². The molecule has 2 heterocycles. The summed E-state index contributed by atoms with van der Waals surface area (Å²) in [5.41, 5.74) is 2.49. The zero-order chi connectivity index (χ0) is 16.9. The molecule has 1 saturated heterocycles. The Labute approximate surface area is 143 Å². The molecule has 1 aromatic carbocycles. The van der Waals surface area contributed by atoms with Crippen molar-refractivity contribution < 1.29 is 9.59 Å². The number of benzene rings is 1. The lowest BCUT2D eigenvalue weighted by Gasteiger charge is -2.50. The van der Waals surface area contributed by atoms with E-state index in [1.54, 1.807) is 0 Å². The Morgan fingerprint density at radius 2 is 1.88 bits per heavy atom. The maximum atomic E-state index is 12.8. The van der Waals surface area contributed by atoms with E-state index in [9.17, 15) is 9.59 Å². The molecule has 1 unspecified atom stereocenters. The van der Waals surface area contributed by atoms with Crippen LogP contribution in [0.1, 0.15) is 56.7 Å². The van der Waals surface area contributed by atoms with Crippen LogP contribution in [0.4, 0.5) is 0 Å². The third-order valence-electron chi connectivity index (χ3n) is 6.05. The van der Waals surface area contributed by atoms with Crippen LogP contribution in [-0.2, 0) is 15.0 Å². The number of amides is 2. The molecule has 1 aliphatic carbocycles. The van der Waals surface area contributed by atoms with Crippen LogP contribution < -0.4 is 0 Å². The first-order valence-electron chi connectivity index (χ1n) is 9.15. The van der Waals surface area contributed by atoms with E-state index in [-0.39, 0.29) is 35.7 Å². The smallest absolute Gasteiger partial charge is 0.242 e. The molecule has 2 fully saturated rings.